The van der Waals surface area contributed by atoms with E-state index in [0.717, 1.165) is 38.5 Å². The minimum atomic E-state index is -0.774. The summed E-state index contributed by atoms with van der Waals surface area (Å²) < 4.78 is 12.1. The van der Waals surface area contributed by atoms with Crippen LogP contribution in [0.2, 0.25) is 0 Å². The Bertz CT molecular complexity index is 864. The van der Waals surface area contributed by atoms with Crippen molar-refractivity contribution < 1.29 is 19.1 Å². The van der Waals surface area contributed by atoms with Crippen LogP contribution >= 0.6 is 0 Å². The monoisotopic (exact) mass is 466 g/mol. The minimum absolute atomic E-state index is 0.00737. The normalized spacial score (nSPS) is 43.3. The molecule has 34 heavy (non-hydrogen) atoms. The lowest BCUT2D eigenvalue weighted by Crippen LogP contribution is -2.55. The van der Waals surface area contributed by atoms with Crippen molar-refractivity contribution in [1.29, 1.82) is 0 Å². The molecule has 4 heteroatoms. The van der Waals surface area contributed by atoms with Gasteiger partial charge in [0.2, 0.25) is 0 Å². The Labute approximate surface area is 205 Å². The van der Waals surface area contributed by atoms with Gasteiger partial charge in [-0.3, -0.25) is 9.59 Å². The smallest absolute Gasteiger partial charge is 0.306 e. The summed E-state index contributed by atoms with van der Waals surface area (Å²) in [6.45, 7) is 3.75. The molecule has 5 aliphatic rings. The number of ether oxygens (including phenoxy) is 2. The van der Waals surface area contributed by atoms with Crippen molar-refractivity contribution in [3.8, 4) is 12.3 Å². The van der Waals surface area contributed by atoms with Gasteiger partial charge in [-0.1, -0.05) is 44.6 Å². The number of hydrogen-bond donors (Lipinski definition) is 0. The van der Waals surface area contributed by atoms with Crippen molar-refractivity contribution in [2.24, 2.45) is 40.9 Å². The second kappa shape index (κ2) is 9.36. The fourth-order valence-electron chi connectivity index (χ4n) is 9.09. The largest absolute Gasteiger partial charge is 0.458 e. The number of carbonyl (C=O) groups excluding carboxylic acids is 2. The van der Waals surface area contributed by atoms with E-state index in [-0.39, 0.29) is 23.5 Å². The third-order valence-corrected chi connectivity index (χ3v) is 10.7. The number of hydrogen-bond acceptors (Lipinski definition) is 4. The van der Waals surface area contributed by atoms with Crippen LogP contribution in [0.25, 0.3) is 0 Å². The second-order valence-corrected chi connectivity index (χ2v) is 12.2. The van der Waals surface area contributed by atoms with Gasteiger partial charge >= 0.3 is 11.9 Å². The molecule has 4 fully saturated rings. The number of fused-ring (bicyclic) bond motifs is 5. The van der Waals surface area contributed by atoms with Gasteiger partial charge in [-0.15, -0.1) is 6.42 Å². The summed E-state index contributed by atoms with van der Waals surface area (Å²) in [4.78, 5) is 24.8. The third-order valence-electron chi connectivity index (χ3n) is 10.7. The molecule has 0 saturated heterocycles. The summed E-state index contributed by atoms with van der Waals surface area (Å²) >= 11 is 0. The maximum Gasteiger partial charge on any atom is 0.306 e. The Kier molecular flexibility index (Phi) is 6.60. The molecule has 0 radical (unpaired) electrons. The van der Waals surface area contributed by atoms with E-state index in [1.165, 1.54) is 45.4 Å². The first-order valence-electron chi connectivity index (χ1n) is 13.9. The number of allylic oxidation sites excluding steroid dienone is 1. The average Bonchev–Trinajstić information content (AvgIpc) is 3.44. The lowest BCUT2D eigenvalue weighted by molar-refractivity contribution is -0.172. The number of terminal acetylenes is 1. The fraction of sp³-hybridized carbons (Fsp3) is 0.800. The van der Waals surface area contributed by atoms with E-state index in [4.69, 9.17) is 15.9 Å². The fourth-order valence-corrected chi connectivity index (χ4v) is 9.09. The van der Waals surface area contributed by atoms with Gasteiger partial charge in [-0.2, -0.15) is 0 Å². The quantitative estimate of drug-likeness (QED) is 0.274. The Morgan fingerprint density at radius 2 is 1.85 bits per heavy atom. The van der Waals surface area contributed by atoms with Gasteiger partial charge in [-0.25, -0.2) is 0 Å². The van der Waals surface area contributed by atoms with Crippen LogP contribution in [0.5, 0.6) is 0 Å². The van der Waals surface area contributed by atoms with Crippen LogP contribution in [0.4, 0.5) is 0 Å². The molecule has 0 aromatic rings. The zero-order valence-electron chi connectivity index (χ0n) is 21.1. The maximum absolute atomic E-state index is 12.8. The van der Waals surface area contributed by atoms with Gasteiger partial charge in [0.25, 0.3) is 0 Å². The van der Waals surface area contributed by atoms with Gasteiger partial charge in [0, 0.05) is 24.7 Å². The molecular formula is C30H42O4. The molecule has 0 aromatic heterocycles. The van der Waals surface area contributed by atoms with E-state index >= 15 is 0 Å². The van der Waals surface area contributed by atoms with E-state index in [1.807, 2.05) is 0 Å². The Morgan fingerprint density at radius 3 is 2.59 bits per heavy atom. The van der Waals surface area contributed by atoms with Crippen LogP contribution in [-0.2, 0) is 19.1 Å². The topological polar surface area (TPSA) is 52.6 Å². The SMILES string of the molecule is C#CC1(OC(C)=O)CCC2C3CCC4CC=CC(OC(=O)CCC5CCCC5)C4C3CCC21C. The van der Waals surface area contributed by atoms with Gasteiger partial charge in [0.05, 0.1) is 0 Å². The maximum atomic E-state index is 12.8. The number of rotatable bonds is 5. The first-order valence-corrected chi connectivity index (χ1v) is 13.9. The summed E-state index contributed by atoms with van der Waals surface area (Å²) in [5.74, 6) is 6.00. The van der Waals surface area contributed by atoms with Crippen LogP contribution in [0.1, 0.15) is 97.3 Å². The Hall–Kier alpha value is -1.76. The van der Waals surface area contributed by atoms with Crippen LogP contribution in [0.3, 0.4) is 0 Å². The molecule has 5 rings (SSSR count). The first kappa shape index (κ1) is 24.0. The zero-order chi connectivity index (χ0) is 23.9. The van der Waals surface area contributed by atoms with Gasteiger partial charge in [0.15, 0.2) is 5.60 Å². The summed E-state index contributed by atoms with van der Waals surface area (Å²) in [6, 6.07) is 0. The highest BCUT2D eigenvalue weighted by atomic mass is 16.6. The average molecular weight is 467 g/mol. The van der Waals surface area contributed by atoms with E-state index in [9.17, 15) is 9.59 Å². The molecule has 8 unspecified atom stereocenters. The predicted octanol–water partition coefficient (Wildman–Crippen LogP) is 6.23. The van der Waals surface area contributed by atoms with E-state index in [1.54, 1.807) is 0 Å². The van der Waals surface area contributed by atoms with Crippen LogP contribution in [-0.4, -0.2) is 23.6 Å². The van der Waals surface area contributed by atoms with Crippen molar-refractivity contribution in [2.45, 2.75) is 109 Å². The summed E-state index contributed by atoms with van der Waals surface area (Å²) in [6.07, 6.45) is 24.5. The molecule has 0 aromatic carbocycles. The van der Waals surface area contributed by atoms with Crippen molar-refractivity contribution in [3.63, 3.8) is 0 Å². The first-order chi connectivity index (χ1) is 16.4. The lowest BCUT2D eigenvalue weighted by Gasteiger charge is -2.57. The van der Waals surface area contributed by atoms with Crippen molar-refractivity contribution in [1.82, 2.24) is 0 Å². The predicted molar refractivity (Wildman–Crippen MR) is 131 cm³/mol. The van der Waals surface area contributed by atoms with Gasteiger partial charge in [-0.05, 0) is 87.0 Å². The van der Waals surface area contributed by atoms with Crippen molar-refractivity contribution in [3.05, 3.63) is 12.2 Å². The van der Waals surface area contributed by atoms with E-state index in [0.29, 0.717) is 41.9 Å². The number of esters is 2. The highest BCUT2D eigenvalue weighted by Gasteiger charge is 2.65. The molecule has 0 aliphatic heterocycles. The van der Waals surface area contributed by atoms with Crippen LogP contribution < -0.4 is 0 Å². The van der Waals surface area contributed by atoms with Crippen molar-refractivity contribution in [2.75, 3.05) is 0 Å². The molecule has 0 amide bonds. The molecule has 0 heterocycles. The molecule has 8 atom stereocenters. The summed E-state index contributed by atoms with van der Waals surface area (Å²) in [5.41, 5.74) is -0.941. The third kappa shape index (κ3) is 4.02. The van der Waals surface area contributed by atoms with E-state index in [2.05, 4.69) is 25.0 Å². The number of carbonyl (C=O) groups is 2. The minimum Gasteiger partial charge on any atom is -0.458 e. The lowest BCUT2D eigenvalue weighted by atomic mass is 9.49. The highest BCUT2D eigenvalue weighted by Crippen LogP contribution is 2.66. The van der Waals surface area contributed by atoms with Crippen LogP contribution in [0, 0.1) is 53.3 Å². The summed E-state index contributed by atoms with van der Waals surface area (Å²) in [5, 5.41) is 0. The molecule has 0 bridgehead atoms. The van der Waals surface area contributed by atoms with Crippen molar-refractivity contribution >= 4 is 11.9 Å². The molecular weight excluding hydrogens is 424 g/mol. The second-order valence-electron chi connectivity index (χ2n) is 12.2. The zero-order valence-corrected chi connectivity index (χ0v) is 21.1. The molecule has 4 saturated carbocycles. The van der Waals surface area contributed by atoms with E-state index < -0.39 is 5.60 Å². The highest BCUT2D eigenvalue weighted by molar-refractivity contribution is 5.69. The van der Waals surface area contributed by atoms with Gasteiger partial charge < -0.3 is 9.47 Å². The summed E-state index contributed by atoms with van der Waals surface area (Å²) in [7, 11) is 0. The molecule has 5 aliphatic carbocycles. The van der Waals surface area contributed by atoms with Gasteiger partial charge in [0.1, 0.15) is 6.10 Å². The molecule has 0 N–H and O–H groups in total. The Balaban J connectivity index is 1.30. The molecule has 0 spiro atoms. The standard InChI is InChI=1S/C30H42O4/c1-4-30(34-20(2)31)19-17-25-23-14-13-22-10-7-11-26(28(22)24(23)16-18-29(25,30)3)33-27(32)15-12-21-8-5-6-9-21/h1,7,11,21-26,28H,5-6,8-10,12-19H2,2-3H3. The molecule has 186 valence electrons. The van der Waals surface area contributed by atoms with Crippen LogP contribution in [0.15, 0.2) is 12.2 Å². The Morgan fingerprint density at radius 1 is 1.06 bits per heavy atom. The molecule has 4 nitrogen and oxygen atoms in total.